The first-order chi connectivity index (χ1) is 4.73. The van der Waals surface area contributed by atoms with Crippen molar-refractivity contribution in [1.29, 1.82) is 0 Å². The average Bonchev–Trinajstić information content (AvgIpc) is 2.56. The van der Waals surface area contributed by atoms with Crippen LogP contribution in [0.25, 0.3) is 0 Å². The predicted molar refractivity (Wildman–Crippen MR) is 46.0 cm³/mol. The molecule has 0 nitrogen and oxygen atoms in total. The first-order valence-corrected chi connectivity index (χ1v) is 4.73. The van der Waals surface area contributed by atoms with Gasteiger partial charge < -0.3 is 0 Å². The molecule has 0 radical (unpaired) electrons. The Morgan fingerprint density at radius 3 is 1.90 bits per heavy atom. The molecule has 2 aliphatic rings. The van der Waals surface area contributed by atoms with Crippen LogP contribution < -0.4 is 0 Å². The second-order valence-corrected chi connectivity index (χ2v) is 3.89. The third-order valence-electron chi connectivity index (χ3n) is 3.53. The summed E-state index contributed by atoms with van der Waals surface area (Å²) in [6, 6.07) is 0. The molecule has 0 N–H and O–H groups in total. The van der Waals surface area contributed by atoms with E-state index < -0.39 is 0 Å². The Morgan fingerprint density at radius 1 is 1.20 bits per heavy atom. The fraction of sp³-hybridized carbons (Fsp3) is 1.00. The van der Waals surface area contributed by atoms with Crippen molar-refractivity contribution < 1.29 is 0 Å². The van der Waals surface area contributed by atoms with Crippen molar-refractivity contribution in [2.75, 3.05) is 0 Å². The molecule has 3 unspecified atom stereocenters. The quantitative estimate of drug-likeness (QED) is 0.483. The summed E-state index contributed by atoms with van der Waals surface area (Å²) in [7, 11) is 0. The molecular weight excluding hydrogens is 120 g/mol. The molecule has 10 heavy (non-hydrogen) atoms. The first-order valence-electron chi connectivity index (χ1n) is 4.73. The minimum absolute atomic E-state index is 0.819. The van der Waals surface area contributed by atoms with Gasteiger partial charge in [0.25, 0.3) is 0 Å². The molecule has 2 fully saturated rings. The van der Waals surface area contributed by atoms with Crippen molar-refractivity contribution in [3.8, 4) is 0 Å². The van der Waals surface area contributed by atoms with Gasteiger partial charge in [-0.25, -0.2) is 0 Å². The lowest BCUT2D eigenvalue weighted by Gasteiger charge is -2.10. The molecule has 3 atom stereocenters. The highest BCUT2D eigenvalue weighted by Gasteiger charge is 2.56. The first kappa shape index (κ1) is 8.10. The predicted octanol–water partition coefficient (Wildman–Crippen LogP) is 3.47. The van der Waals surface area contributed by atoms with Crippen LogP contribution in [-0.2, 0) is 0 Å². The molecular formula is C10H20. The molecule has 0 aromatic carbocycles. The van der Waals surface area contributed by atoms with Crippen LogP contribution in [0, 0.1) is 17.3 Å². The van der Waals surface area contributed by atoms with Crippen LogP contribution in [0.1, 0.15) is 47.0 Å². The Hall–Kier alpha value is 0. The van der Waals surface area contributed by atoms with E-state index in [0.29, 0.717) is 0 Å². The summed E-state index contributed by atoms with van der Waals surface area (Å²) in [6.45, 7) is 8.86. The Bertz CT molecular complexity index is 115. The molecule has 0 amide bonds. The van der Waals surface area contributed by atoms with Crippen LogP contribution in [0.3, 0.4) is 0 Å². The zero-order valence-corrected chi connectivity index (χ0v) is 7.78. The highest BCUT2D eigenvalue weighted by Crippen LogP contribution is 2.65. The van der Waals surface area contributed by atoms with Crippen LogP contribution >= 0.6 is 0 Å². The third-order valence-corrected chi connectivity index (χ3v) is 3.53. The van der Waals surface area contributed by atoms with Crippen LogP contribution in [0.4, 0.5) is 0 Å². The maximum absolute atomic E-state index is 2.45. The van der Waals surface area contributed by atoms with Gasteiger partial charge in [-0.2, -0.15) is 0 Å². The summed E-state index contributed by atoms with van der Waals surface area (Å²) in [5.41, 5.74) is 0.819. The van der Waals surface area contributed by atoms with E-state index in [1.54, 1.807) is 0 Å². The summed E-state index contributed by atoms with van der Waals surface area (Å²) in [6.07, 6.45) is 4.56. The van der Waals surface area contributed by atoms with E-state index in [2.05, 4.69) is 13.8 Å². The van der Waals surface area contributed by atoms with Crippen molar-refractivity contribution in [3.63, 3.8) is 0 Å². The minimum atomic E-state index is 0.819. The second-order valence-electron chi connectivity index (χ2n) is 3.89. The maximum Gasteiger partial charge on any atom is -0.0269 e. The lowest BCUT2D eigenvalue weighted by Crippen LogP contribution is -2.02. The molecule has 2 saturated carbocycles. The number of hydrogen-bond acceptors (Lipinski definition) is 0. The summed E-state index contributed by atoms with van der Waals surface area (Å²) < 4.78 is 0. The Kier molecular flexibility index (Phi) is 2.07. The number of hydrogen-bond donors (Lipinski definition) is 0. The molecule has 0 spiro atoms. The van der Waals surface area contributed by atoms with Gasteiger partial charge in [-0.1, -0.05) is 27.7 Å². The monoisotopic (exact) mass is 140 g/mol. The summed E-state index contributed by atoms with van der Waals surface area (Å²) >= 11 is 0. The van der Waals surface area contributed by atoms with E-state index in [9.17, 15) is 0 Å². The van der Waals surface area contributed by atoms with Crippen molar-refractivity contribution in [3.05, 3.63) is 0 Å². The summed E-state index contributed by atoms with van der Waals surface area (Å²) in [4.78, 5) is 0. The molecule has 0 heterocycles. The lowest BCUT2D eigenvalue weighted by atomic mass is 9.95. The van der Waals surface area contributed by atoms with E-state index in [1.807, 2.05) is 13.8 Å². The van der Waals surface area contributed by atoms with Crippen molar-refractivity contribution >= 4 is 0 Å². The number of rotatable bonds is 0. The molecule has 0 aromatic heterocycles. The average molecular weight is 140 g/mol. The fourth-order valence-electron chi connectivity index (χ4n) is 2.29. The molecule has 0 saturated heterocycles. The zero-order valence-electron chi connectivity index (χ0n) is 7.78. The highest BCUT2D eigenvalue weighted by atomic mass is 14.6. The Balaban J connectivity index is 0.000000231. The van der Waals surface area contributed by atoms with Gasteiger partial charge in [0.05, 0.1) is 0 Å². The van der Waals surface area contributed by atoms with E-state index in [1.165, 1.54) is 19.3 Å². The highest BCUT2D eigenvalue weighted by molar-refractivity contribution is 5.06. The minimum Gasteiger partial charge on any atom is -0.0683 e. The van der Waals surface area contributed by atoms with Crippen molar-refractivity contribution in [1.82, 2.24) is 0 Å². The molecule has 0 aromatic rings. The van der Waals surface area contributed by atoms with Gasteiger partial charge in [-0.15, -0.1) is 0 Å². The van der Waals surface area contributed by atoms with Gasteiger partial charge in [0.15, 0.2) is 0 Å². The van der Waals surface area contributed by atoms with Gasteiger partial charge >= 0.3 is 0 Å². The molecule has 2 rings (SSSR count). The molecule has 2 aliphatic carbocycles. The standard InChI is InChI=1S/C8H14.C2H6/c1-6-3-4-7-5-8(6,7)2;1-2/h6-7H,3-5H2,1-2H3;1-2H3. The van der Waals surface area contributed by atoms with Gasteiger partial charge in [-0.3, -0.25) is 0 Å². The normalized spacial score (nSPS) is 49.2. The summed E-state index contributed by atoms with van der Waals surface area (Å²) in [5, 5.41) is 0. The largest absolute Gasteiger partial charge is 0.0683 e. The zero-order chi connectivity index (χ0) is 7.78. The Labute approximate surface area is 65.0 Å². The van der Waals surface area contributed by atoms with Crippen LogP contribution in [0.2, 0.25) is 0 Å². The molecule has 0 bridgehead atoms. The molecule has 60 valence electrons. The number of fused-ring (bicyclic) bond motifs is 1. The fourth-order valence-corrected chi connectivity index (χ4v) is 2.29. The third kappa shape index (κ3) is 0.980. The van der Waals surface area contributed by atoms with Crippen LogP contribution in [0.5, 0.6) is 0 Å². The van der Waals surface area contributed by atoms with Crippen LogP contribution in [0.15, 0.2) is 0 Å². The van der Waals surface area contributed by atoms with Gasteiger partial charge in [0, 0.05) is 0 Å². The van der Waals surface area contributed by atoms with Crippen molar-refractivity contribution in [2.45, 2.75) is 47.0 Å². The smallest absolute Gasteiger partial charge is 0.0269 e. The SMILES string of the molecule is CC.CC1CCC2CC12C. The van der Waals surface area contributed by atoms with Crippen molar-refractivity contribution in [2.24, 2.45) is 17.3 Å². The maximum atomic E-state index is 2.45. The van der Waals surface area contributed by atoms with E-state index in [4.69, 9.17) is 0 Å². The van der Waals surface area contributed by atoms with Gasteiger partial charge in [-0.05, 0) is 36.5 Å². The molecule has 0 aliphatic heterocycles. The van der Waals surface area contributed by atoms with Gasteiger partial charge in [0.2, 0.25) is 0 Å². The molecule has 0 heteroatoms. The van der Waals surface area contributed by atoms with E-state index >= 15 is 0 Å². The van der Waals surface area contributed by atoms with E-state index in [-0.39, 0.29) is 0 Å². The Morgan fingerprint density at radius 2 is 1.80 bits per heavy atom. The topological polar surface area (TPSA) is 0 Å². The summed E-state index contributed by atoms with van der Waals surface area (Å²) in [5.74, 6) is 2.17. The lowest BCUT2D eigenvalue weighted by molar-refractivity contribution is 0.390. The van der Waals surface area contributed by atoms with E-state index in [0.717, 1.165) is 17.3 Å². The second kappa shape index (κ2) is 2.56. The van der Waals surface area contributed by atoms with Crippen LogP contribution in [-0.4, -0.2) is 0 Å². The van der Waals surface area contributed by atoms with Gasteiger partial charge in [0.1, 0.15) is 0 Å².